The monoisotopic (exact) mass is 238 g/mol. The molecule has 1 rings (SSSR count). The Morgan fingerprint density at radius 3 is 2.47 bits per heavy atom. The summed E-state index contributed by atoms with van der Waals surface area (Å²) in [6.07, 6.45) is 5.27. The van der Waals surface area contributed by atoms with Crippen LogP contribution in [0.5, 0.6) is 5.88 Å². The summed E-state index contributed by atoms with van der Waals surface area (Å²) in [6.45, 7) is 9.67. The van der Waals surface area contributed by atoms with Crippen LogP contribution in [0.25, 0.3) is 0 Å². The molecule has 0 amide bonds. The van der Waals surface area contributed by atoms with Gasteiger partial charge in [-0.25, -0.2) is 0 Å². The predicted molar refractivity (Wildman–Crippen MR) is 71.3 cm³/mol. The highest BCUT2D eigenvalue weighted by atomic mass is 16.3. The van der Waals surface area contributed by atoms with Gasteiger partial charge in [0.1, 0.15) is 0 Å². The smallest absolute Gasteiger partial charge is 0.233 e. The molecule has 0 fully saturated rings. The molecule has 0 aliphatic heterocycles. The molecule has 0 saturated carbocycles. The zero-order chi connectivity index (χ0) is 12.8. The van der Waals surface area contributed by atoms with Crippen LogP contribution in [0.15, 0.2) is 0 Å². The predicted octanol–water partition coefficient (Wildman–Crippen LogP) is 3.54. The largest absolute Gasteiger partial charge is 0.492 e. The molecule has 3 nitrogen and oxygen atoms in total. The Morgan fingerprint density at radius 1 is 1.24 bits per heavy atom. The molecule has 1 aromatic heterocycles. The van der Waals surface area contributed by atoms with Crippen LogP contribution in [-0.4, -0.2) is 14.9 Å². The third-order valence-electron chi connectivity index (χ3n) is 2.97. The summed E-state index contributed by atoms with van der Waals surface area (Å²) in [4.78, 5) is 0. The van der Waals surface area contributed by atoms with Gasteiger partial charge in [0.15, 0.2) is 0 Å². The van der Waals surface area contributed by atoms with Crippen molar-refractivity contribution in [2.24, 2.45) is 5.92 Å². The van der Waals surface area contributed by atoms with Crippen molar-refractivity contribution in [1.82, 2.24) is 9.78 Å². The number of hydrogen-bond donors (Lipinski definition) is 1. The van der Waals surface area contributed by atoms with E-state index in [9.17, 15) is 5.11 Å². The second kappa shape index (κ2) is 6.67. The van der Waals surface area contributed by atoms with Crippen molar-refractivity contribution in [1.29, 1.82) is 0 Å². The molecule has 0 aliphatic rings. The van der Waals surface area contributed by atoms with Crippen LogP contribution in [0.4, 0.5) is 0 Å². The van der Waals surface area contributed by atoms with Crippen LogP contribution in [0.1, 0.15) is 58.2 Å². The third-order valence-corrected chi connectivity index (χ3v) is 2.97. The summed E-state index contributed by atoms with van der Waals surface area (Å²) in [5.74, 6) is 0.848. The first kappa shape index (κ1) is 14.1. The van der Waals surface area contributed by atoms with E-state index in [2.05, 4.69) is 32.8 Å². The molecule has 17 heavy (non-hydrogen) atoms. The van der Waals surface area contributed by atoms with Gasteiger partial charge >= 0.3 is 0 Å². The zero-order valence-corrected chi connectivity index (χ0v) is 11.7. The van der Waals surface area contributed by atoms with Gasteiger partial charge in [-0.05, 0) is 25.2 Å². The van der Waals surface area contributed by atoms with Crippen molar-refractivity contribution < 1.29 is 5.11 Å². The average molecular weight is 238 g/mol. The zero-order valence-electron chi connectivity index (χ0n) is 11.7. The molecular weight excluding hydrogens is 212 g/mol. The molecule has 3 heteroatoms. The Morgan fingerprint density at radius 2 is 1.94 bits per heavy atom. The summed E-state index contributed by atoms with van der Waals surface area (Å²) in [5.41, 5.74) is 2.31. The Kier molecular flexibility index (Phi) is 5.52. The van der Waals surface area contributed by atoms with E-state index >= 15 is 0 Å². The van der Waals surface area contributed by atoms with E-state index in [1.807, 2.05) is 4.68 Å². The van der Waals surface area contributed by atoms with Gasteiger partial charge < -0.3 is 5.11 Å². The Bertz CT molecular complexity index is 342. The van der Waals surface area contributed by atoms with Crippen LogP contribution < -0.4 is 0 Å². The Hall–Kier alpha value is -0.990. The van der Waals surface area contributed by atoms with Gasteiger partial charge in [0.05, 0.1) is 0 Å². The molecule has 98 valence electrons. The van der Waals surface area contributed by atoms with Crippen molar-refractivity contribution >= 4 is 0 Å². The molecule has 0 saturated heterocycles. The van der Waals surface area contributed by atoms with Crippen molar-refractivity contribution in [3.63, 3.8) is 0 Å². The molecule has 1 N–H and O–H groups in total. The van der Waals surface area contributed by atoms with E-state index in [4.69, 9.17) is 0 Å². The SMILES string of the molecule is CCCCn1nc(O)c(CCC)c1CC(C)C. The minimum Gasteiger partial charge on any atom is -0.492 e. The van der Waals surface area contributed by atoms with Crippen molar-refractivity contribution in [2.45, 2.75) is 66.3 Å². The van der Waals surface area contributed by atoms with Crippen LogP contribution >= 0.6 is 0 Å². The minimum absolute atomic E-state index is 0.249. The van der Waals surface area contributed by atoms with E-state index in [-0.39, 0.29) is 5.88 Å². The lowest BCUT2D eigenvalue weighted by atomic mass is 10.0. The molecule has 0 unspecified atom stereocenters. The van der Waals surface area contributed by atoms with E-state index in [1.165, 1.54) is 5.69 Å². The molecule has 0 aromatic carbocycles. The van der Waals surface area contributed by atoms with Crippen molar-refractivity contribution in [3.8, 4) is 5.88 Å². The minimum atomic E-state index is 0.249. The summed E-state index contributed by atoms with van der Waals surface area (Å²) in [5, 5.41) is 14.2. The first-order chi connectivity index (χ1) is 8.10. The standard InChI is InChI=1S/C14H26N2O/c1-5-7-9-16-13(10-11(3)4)12(8-6-2)14(17)15-16/h11H,5-10H2,1-4H3,(H,15,17). The van der Waals surface area contributed by atoms with Crippen LogP contribution in [0, 0.1) is 5.92 Å². The lowest BCUT2D eigenvalue weighted by Gasteiger charge is -2.10. The second-order valence-electron chi connectivity index (χ2n) is 5.17. The second-order valence-corrected chi connectivity index (χ2v) is 5.17. The maximum Gasteiger partial charge on any atom is 0.233 e. The molecule has 0 atom stereocenters. The Balaban J connectivity index is 2.97. The third kappa shape index (κ3) is 3.76. The fourth-order valence-electron chi connectivity index (χ4n) is 2.13. The highest BCUT2D eigenvalue weighted by molar-refractivity contribution is 5.31. The number of hydrogen-bond acceptors (Lipinski definition) is 2. The van der Waals surface area contributed by atoms with Crippen LogP contribution in [0.3, 0.4) is 0 Å². The van der Waals surface area contributed by atoms with Gasteiger partial charge in [0.25, 0.3) is 0 Å². The molecule has 0 spiro atoms. The van der Waals surface area contributed by atoms with E-state index in [0.29, 0.717) is 5.92 Å². The van der Waals surface area contributed by atoms with Gasteiger partial charge in [-0.15, -0.1) is 5.10 Å². The van der Waals surface area contributed by atoms with Crippen molar-refractivity contribution in [3.05, 3.63) is 11.3 Å². The maximum absolute atomic E-state index is 9.92. The fraction of sp³-hybridized carbons (Fsp3) is 0.786. The molecule has 1 aromatic rings. The quantitative estimate of drug-likeness (QED) is 0.789. The lowest BCUT2D eigenvalue weighted by Crippen LogP contribution is -2.09. The first-order valence-corrected chi connectivity index (χ1v) is 6.87. The van der Waals surface area contributed by atoms with E-state index in [1.54, 1.807) is 0 Å². The first-order valence-electron chi connectivity index (χ1n) is 6.87. The van der Waals surface area contributed by atoms with Crippen LogP contribution in [0.2, 0.25) is 0 Å². The summed E-state index contributed by atoms with van der Waals surface area (Å²) < 4.78 is 2.02. The molecule has 0 radical (unpaired) electrons. The summed E-state index contributed by atoms with van der Waals surface area (Å²) in [6, 6.07) is 0. The van der Waals surface area contributed by atoms with E-state index in [0.717, 1.165) is 44.2 Å². The lowest BCUT2D eigenvalue weighted by molar-refractivity contribution is 0.428. The van der Waals surface area contributed by atoms with Gasteiger partial charge in [0, 0.05) is 17.8 Å². The van der Waals surface area contributed by atoms with Crippen LogP contribution in [-0.2, 0) is 19.4 Å². The number of aromatic nitrogens is 2. The molecule has 1 heterocycles. The number of rotatable bonds is 7. The highest BCUT2D eigenvalue weighted by Gasteiger charge is 2.17. The average Bonchev–Trinajstić information content (AvgIpc) is 2.54. The molecule has 0 bridgehead atoms. The topological polar surface area (TPSA) is 38.0 Å². The number of unbranched alkanes of at least 4 members (excludes halogenated alkanes) is 1. The number of aryl methyl sites for hydroxylation is 1. The van der Waals surface area contributed by atoms with E-state index < -0.39 is 0 Å². The fourth-order valence-corrected chi connectivity index (χ4v) is 2.13. The Labute approximate surface area is 105 Å². The van der Waals surface area contributed by atoms with Gasteiger partial charge in [-0.3, -0.25) is 4.68 Å². The van der Waals surface area contributed by atoms with Gasteiger partial charge in [-0.2, -0.15) is 0 Å². The number of aromatic hydroxyl groups is 1. The van der Waals surface area contributed by atoms with Gasteiger partial charge in [0.2, 0.25) is 5.88 Å². The van der Waals surface area contributed by atoms with Crippen molar-refractivity contribution in [2.75, 3.05) is 0 Å². The molecule has 0 aliphatic carbocycles. The maximum atomic E-state index is 9.92. The summed E-state index contributed by atoms with van der Waals surface area (Å²) in [7, 11) is 0. The number of nitrogens with zero attached hydrogens (tertiary/aromatic N) is 2. The summed E-state index contributed by atoms with van der Waals surface area (Å²) >= 11 is 0. The van der Waals surface area contributed by atoms with Gasteiger partial charge in [-0.1, -0.05) is 40.5 Å². The molecular formula is C14H26N2O. The highest BCUT2D eigenvalue weighted by Crippen LogP contribution is 2.24. The normalized spacial score (nSPS) is 11.4.